The molecule has 1 aliphatic heterocycles. The average molecular weight is 476 g/mol. The number of rotatable bonds is 6. The van der Waals surface area contributed by atoms with Crippen molar-refractivity contribution in [3.05, 3.63) is 17.6 Å². The molecule has 2 aliphatic rings. The predicted molar refractivity (Wildman–Crippen MR) is 111 cm³/mol. The third kappa shape index (κ3) is 3.31. The number of nitrogens with zero attached hydrogens (tertiary/aromatic N) is 6. The molecule has 0 aromatic carbocycles. The van der Waals surface area contributed by atoms with Gasteiger partial charge in [0.2, 0.25) is 5.91 Å². The number of hydrogen-bond donors (Lipinski definition) is 3. The van der Waals surface area contributed by atoms with Crippen LogP contribution in [0.15, 0.2) is 6.20 Å². The number of aryl methyl sites for hydroxylation is 2. The molecule has 0 bridgehead atoms. The second-order valence-electron chi connectivity index (χ2n) is 8.46. The van der Waals surface area contributed by atoms with Crippen LogP contribution < -0.4 is 11.1 Å². The quantitative estimate of drug-likeness (QED) is 0.452. The van der Waals surface area contributed by atoms with E-state index in [1.54, 1.807) is 7.05 Å². The predicted octanol–water partition coefficient (Wildman–Crippen LogP) is 1.97. The topological polar surface area (TPSA) is 162 Å². The van der Waals surface area contributed by atoms with Crippen molar-refractivity contribution in [2.75, 3.05) is 11.1 Å². The van der Waals surface area contributed by atoms with E-state index in [1.165, 1.54) is 10.9 Å². The molecule has 11 nitrogen and oxygen atoms in total. The monoisotopic (exact) mass is 476 g/mol. The van der Waals surface area contributed by atoms with Gasteiger partial charge in [-0.3, -0.25) is 14.3 Å². The molecule has 1 aliphatic carbocycles. The number of carboxylic acid groups (broad SMARTS) is 1. The molecular weight excluding hydrogens is 457 g/mol. The molecule has 3 aromatic heterocycles. The summed E-state index contributed by atoms with van der Waals surface area (Å²) >= 11 is 0. The Balaban J connectivity index is 1.61. The minimum absolute atomic E-state index is 0.0175. The van der Waals surface area contributed by atoms with Gasteiger partial charge in [0.15, 0.2) is 16.9 Å². The SMILES string of the molecule is Cn1ncc2c(-c3nc(N)c4c(n3)NC(=O)C4(C(=O)O)C3CC3)nc(CCCC(F)(F)F)nc21. The van der Waals surface area contributed by atoms with Gasteiger partial charge in [0.05, 0.1) is 17.1 Å². The molecule has 4 N–H and O–H groups in total. The Labute approximate surface area is 189 Å². The first-order valence-electron chi connectivity index (χ1n) is 10.5. The first-order valence-corrected chi connectivity index (χ1v) is 10.5. The first kappa shape index (κ1) is 22.0. The normalized spacial score (nSPS) is 19.9. The van der Waals surface area contributed by atoms with Crippen molar-refractivity contribution in [2.24, 2.45) is 13.0 Å². The average Bonchev–Trinajstić information content (AvgIpc) is 3.45. The van der Waals surface area contributed by atoms with E-state index in [0.717, 1.165) is 0 Å². The van der Waals surface area contributed by atoms with Gasteiger partial charge in [-0.05, 0) is 25.2 Å². The van der Waals surface area contributed by atoms with Gasteiger partial charge >= 0.3 is 12.1 Å². The van der Waals surface area contributed by atoms with Gasteiger partial charge in [0.25, 0.3) is 0 Å². The van der Waals surface area contributed by atoms with Crippen molar-refractivity contribution in [3.63, 3.8) is 0 Å². The summed E-state index contributed by atoms with van der Waals surface area (Å²) in [5, 5.41) is 17.0. The lowest BCUT2D eigenvalue weighted by Crippen LogP contribution is -2.45. The fourth-order valence-corrected chi connectivity index (χ4v) is 4.46. The molecular formula is C20H19F3N8O3. The summed E-state index contributed by atoms with van der Waals surface area (Å²) in [6.45, 7) is 0. The molecule has 14 heteroatoms. The molecule has 0 spiro atoms. The maximum absolute atomic E-state index is 12.8. The Kier molecular flexibility index (Phi) is 4.74. The number of hydrogen-bond acceptors (Lipinski definition) is 8. The van der Waals surface area contributed by atoms with Gasteiger partial charge < -0.3 is 16.2 Å². The molecule has 1 fully saturated rings. The largest absolute Gasteiger partial charge is 0.480 e. The summed E-state index contributed by atoms with van der Waals surface area (Å²) in [7, 11) is 1.62. The van der Waals surface area contributed by atoms with E-state index < -0.39 is 35.8 Å². The molecule has 4 heterocycles. The molecule has 0 saturated heterocycles. The van der Waals surface area contributed by atoms with Crippen LogP contribution in [0.5, 0.6) is 0 Å². The van der Waals surface area contributed by atoms with Crippen molar-refractivity contribution in [1.29, 1.82) is 0 Å². The molecule has 0 radical (unpaired) electrons. The number of aliphatic carboxylic acids is 1. The lowest BCUT2D eigenvalue weighted by Gasteiger charge is -2.22. The highest BCUT2D eigenvalue weighted by Gasteiger charge is 2.64. The summed E-state index contributed by atoms with van der Waals surface area (Å²) in [5.41, 5.74) is 4.87. The summed E-state index contributed by atoms with van der Waals surface area (Å²) in [6, 6.07) is 0. The minimum Gasteiger partial charge on any atom is -0.480 e. The van der Waals surface area contributed by atoms with E-state index in [-0.39, 0.29) is 47.4 Å². The van der Waals surface area contributed by atoms with Crippen LogP contribution >= 0.6 is 0 Å². The number of fused-ring (bicyclic) bond motifs is 2. The molecule has 1 saturated carbocycles. The molecule has 34 heavy (non-hydrogen) atoms. The van der Waals surface area contributed by atoms with E-state index in [9.17, 15) is 27.9 Å². The Bertz CT molecular complexity index is 1350. The highest BCUT2D eigenvalue weighted by Crippen LogP contribution is 2.54. The number of alkyl halides is 3. The van der Waals surface area contributed by atoms with Gasteiger partial charge in [0.1, 0.15) is 23.2 Å². The van der Waals surface area contributed by atoms with Crippen LogP contribution in [0.3, 0.4) is 0 Å². The van der Waals surface area contributed by atoms with Crippen LogP contribution in [0, 0.1) is 5.92 Å². The van der Waals surface area contributed by atoms with Crippen molar-refractivity contribution in [1.82, 2.24) is 29.7 Å². The third-order valence-electron chi connectivity index (χ3n) is 6.16. The first-order chi connectivity index (χ1) is 16.0. The third-order valence-corrected chi connectivity index (χ3v) is 6.16. The van der Waals surface area contributed by atoms with Gasteiger partial charge in [-0.1, -0.05) is 0 Å². The Morgan fingerprint density at radius 1 is 1.29 bits per heavy atom. The van der Waals surface area contributed by atoms with Gasteiger partial charge in [-0.15, -0.1) is 0 Å². The zero-order valence-electron chi connectivity index (χ0n) is 17.8. The number of nitrogens with two attached hydrogens (primary N) is 1. The molecule has 178 valence electrons. The lowest BCUT2D eigenvalue weighted by atomic mass is 9.77. The second kappa shape index (κ2) is 7.33. The maximum Gasteiger partial charge on any atom is 0.389 e. The number of anilines is 2. The number of nitrogens with one attached hydrogen (secondary N) is 1. The van der Waals surface area contributed by atoms with Crippen LogP contribution in [0.25, 0.3) is 22.6 Å². The van der Waals surface area contributed by atoms with Crippen molar-refractivity contribution in [3.8, 4) is 11.5 Å². The molecule has 3 aromatic rings. The van der Waals surface area contributed by atoms with Crippen molar-refractivity contribution in [2.45, 2.75) is 43.7 Å². The van der Waals surface area contributed by atoms with Crippen LogP contribution in [0.4, 0.5) is 24.8 Å². The van der Waals surface area contributed by atoms with Gasteiger partial charge in [-0.2, -0.15) is 18.3 Å². The molecule has 1 amide bonds. The Morgan fingerprint density at radius 2 is 2.03 bits per heavy atom. The number of nitrogen functional groups attached to an aromatic ring is 1. The zero-order valence-corrected chi connectivity index (χ0v) is 17.8. The van der Waals surface area contributed by atoms with E-state index in [2.05, 4.69) is 30.4 Å². The Hall–Kier alpha value is -3.84. The fraction of sp³-hybridized carbons (Fsp3) is 0.450. The number of aromatic nitrogens is 6. The van der Waals surface area contributed by atoms with Crippen LogP contribution in [0.1, 0.15) is 37.1 Å². The van der Waals surface area contributed by atoms with Crippen LogP contribution in [-0.2, 0) is 28.5 Å². The van der Waals surface area contributed by atoms with E-state index in [1.807, 2.05) is 0 Å². The molecule has 1 atom stereocenters. The number of amides is 1. The fourth-order valence-electron chi connectivity index (χ4n) is 4.46. The standard InChI is InChI=1S/C20H19F3N8O3/c1-31-16-9(7-25-31)12(26-10(27-16)3-2-6-19(21,22)23)15-28-13(24)11-14(29-15)30-17(32)20(11,18(33)34)8-4-5-8/h7-8H,2-6H2,1H3,(H,33,34)(H3,24,28,29,30,32). The highest BCUT2D eigenvalue weighted by atomic mass is 19.4. The summed E-state index contributed by atoms with van der Waals surface area (Å²) in [6.07, 6.45) is -2.96. The Morgan fingerprint density at radius 3 is 2.68 bits per heavy atom. The number of carbonyl (C=O) groups excluding carboxylic acids is 1. The number of halogens is 3. The molecule has 1 unspecified atom stereocenters. The smallest absolute Gasteiger partial charge is 0.389 e. The highest BCUT2D eigenvalue weighted by molar-refractivity contribution is 6.20. The summed E-state index contributed by atoms with van der Waals surface area (Å²) < 4.78 is 39.2. The van der Waals surface area contributed by atoms with E-state index in [0.29, 0.717) is 23.9 Å². The zero-order chi connectivity index (χ0) is 24.4. The van der Waals surface area contributed by atoms with E-state index >= 15 is 0 Å². The van der Waals surface area contributed by atoms with Crippen molar-refractivity contribution < 1.29 is 27.9 Å². The maximum atomic E-state index is 12.8. The van der Waals surface area contributed by atoms with E-state index in [4.69, 9.17) is 5.73 Å². The van der Waals surface area contributed by atoms with Gasteiger partial charge in [-0.25, -0.2) is 19.9 Å². The summed E-state index contributed by atoms with van der Waals surface area (Å²) in [4.78, 5) is 42.3. The minimum atomic E-state index is -4.30. The second-order valence-corrected chi connectivity index (χ2v) is 8.46. The summed E-state index contributed by atoms with van der Waals surface area (Å²) in [5.74, 6) is -2.54. The lowest BCUT2D eigenvalue weighted by molar-refractivity contribution is -0.148. The van der Waals surface area contributed by atoms with Crippen molar-refractivity contribution >= 4 is 34.5 Å². The number of carboxylic acids is 1. The molecule has 5 rings (SSSR count). The van der Waals surface area contributed by atoms with Crippen LogP contribution in [-0.4, -0.2) is 52.9 Å². The van der Waals surface area contributed by atoms with Crippen LogP contribution in [0.2, 0.25) is 0 Å². The number of carbonyl (C=O) groups is 2. The van der Waals surface area contributed by atoms with Gasteiger partial charge in [0, 0.05) is 19.9 Å².